The summed E-state index contributed by atoms with van der Waals surface area (Å²) in [6.07, 6.45) is 3.44. The molecule has 1 aliphatic carbocycles. The van der Waals surface area contributed by atoms with Crippen LogP contribution in [0.4, 0.5) is 0 Å². The van der Waals surface area contributed by atoms with Gasteiger partial charge in [0.15, 0.2) is 5.82 Å². The Labute approximate surface area is 130 Å². The summed E-state index contributed by atoms with van der Waals surface area (Å²) in [5, 5.41) is 7.80. The van der Waals surface area contributed by atoms with Gasteiger partial charge in [-0.05, 0) is 68.6 Å². The third-order valence-corrected chi connectivity index (χ3v) is 5.22. The van der Waals surface area contributed by atoms with E-state index < -0.39 is 0 Å². The summed E-state index contributed by atoms with van der Waals surface area (Å²) in [7, 11) is 0. The molecule has 0 spiro atoms. The highest BCUT2D eigenvalue weighted by Gasteiger charge is 2.23. The number of hydrogen-bond donors (Lipinski definition) is 1. The Balaban J connectivity index is 1.88. The molecule has 0 aromatic carbocycles. The van der Waals surface area contributed by atoms with E-state index in [2.05, 4.69) is 36.8 Å². The summed E-state index contributed by atoms with van der Waals surface area (Å²) in [5.74, 6) is 1.64. The van der Waals surface area contributed by atoms with Gasteiger partial charge >= 0.3 is 0 Å². The molecule has 0 amide bonds. The zero-order valence-electron chi connectivity index (χ0n) is 13.1. The van der Waals surface area contributed by atoms with Crippen molar-refractivity contribution in [3.8, 4) is 11.4 Å². The quantitative estimate of drug-likeness (QED) is 0.938. The van der Waals surface area contributed by atoms with Gasteiger partial charge in [0.05, 0.1) is 0 Å². The van der Waals surface area contributed by atoms with Crippen molar-refractivity contribution in [3.05, 3.63) is 33.3 Å². The number of rotatable bonds is 4. The topological polar surface area (TPSA) is 37.8 Å². The van der Waals surface area contributed by atoms with Gasteiger partial charge < -0.3 is 5.32 Å². The molecule has 0 saturated heterocycles. The van der Waals surface area contributed by atoms with Crippen LogP contribution in [-0.2, 0) is 12.8 Å². The highest BCUT2D eigenvalue weighted by molar-refractivity contribution is 7.08. The minimum atomic E-state index is 0.730. The van der Waals surface area contributed by atoms with Crippen molar-refractivity contribution < 1.29 is 0 Å². The first-order chi connectivity index (χ1) is 10.2. The number of fused-ring (bicyclic) bond motifs is 1. The molecule has 1 atom stereocenters. The van der Waals surface area contributed by atoms with Crippen molar-refractivity contribution in [2.45, 2.75) is 40.0 Å². The first-order valence-electron chi connectivity index (χ1n) is 7.79. The maximum Gasteiger partial charge on any atom is 0.160 e. The smallest absolute Gasteiger partial charge is 0.160 e. The normalized spacial score (nSPS) is 17.8. The minimum Gasteiger partial charge on any atom is -0.317 e. The van der Waals surface area contributed by atoms with Crippen molar-refractivity contribution >= 4 is 11.3 Å². The Morgan fingerprint density at radius 2 is 2.14 bits per heavy atom. The number of thiophene rings is 1. The summed E-state index contributed by atoms with van der Waals surface area (Å²) >= 11 is 1.73. The van der Waals surface area contributed by atoms with Crippen molar-refractivity contribution in [1.82, 2.24) is 15.3 Å². The molecule has 0 saturated carbocycles. The van der Waals surface area contributed by atoms with Crippen LogP contribution in [0.15, 0.2) is 10.8 Å². The van der Waals surface area contributed by atoms with E-state index >= 15 is 0 Å². The molecule has 4 heteroatoms. The molecule has 0 fully saturated rings. The Morgan fingerprint density at radius 3 is 2.86 bits per heavy atom. The van der Waals surface area contributed by atoms with Crippen LogP contribution >= 0.6 is 11.3 Å². The molecular weight excluding hydrogens is 278 g/mol. The predicted octanol–water partition coefficient (Wildman–Crippen LogP) is 3.54. The Hall–Kier alpha value is -1.26. The summed E-state index contributed by atoms with van der Waals surface area (Å²) in [5.41, 5.74) is 6.30. The molecule has 3 rings (SSSR count). The molecular formula is C17H23N3S. The lowest BCUT2D eigenvalue weighted by Gasteiger charge is -2.25. The molecule has 0 aliphatic heterocycles. The van der Waals surface area contributed by atoms with Crippen molar-refractivity contribution in [2.75, 3.05) is 13.1 Å². The summed E-state index contributed by atoms with van der Waals surface area (Å²) < 4.78 is 0. The molecule has 2 heterocycles. The molecule has 112 valence electrons. The third-order valence-electron chi connectivity index (χ3n) is 4.36. The molecule has 1 N–H and O–H groups in total. The largest absolute Gasteiger partial charge is 0.317 e. The third kappa shape index (κ3) is 3.01. The van der Waals surface area contributed by atoms with Crippen LogP contribution in [0.3, 0.4) is 0 Å². The fourth-order valence-corrected chi connectivity index (χ4v) is 3.92. The maximum atomic E-state index is 4.87. The molecule has 21 heavy (non-hydrogen) atoms. The molecule has 2 aromatic rings. The second-order valence-corrected chi connectivity index (χ2v) is 6.69. The zero-order valence-corrected chi connectivity index (χ0v) is 13.9. The van der Waals surface area contributed by atoms with Crippen molar-refractivity contribution in [1.29, 1.82) is 0 Å². The van der Waals surface area contributed by atoms with E-state index in [0.29, 0.717) is 0 Å². The first-order valence-corrected chi connectivity index (χ1v) is 8.73. The van der Waals surface area contributed by atoms with E-state index in [0.717, 1.165) is 37.7 Å². The van der Waals surface area contributed by atoms with E-state index in [1.54, 1.807) is 11.3 Å². The molecule has 0 bridgehead atoms. The lowest BCUT2D eigenvalue weighted by molar-refractivity contribution is 0.423. The Morgan fingerprint density at radius 1 is 1.29 bits per heavy atom. The highest BCUT2D eigenvalue weighted by atomic mass is 32.1. The molecule has 1 aliphatic rings. The van der Waals surface area contributed by atoms with E-state index in [1.165, 1.54) is 34.5 Å². The minimum absolute atomic E-state index is 0.730. The van der Waals surface area contributed by atoms with E-state index in [-0.39, 0.29) is 0 Å². The van der Waals surface area contributed by atoms with Crippen LogP contribution in [0.5, 0.6) is 0 Å². The Kier molecular flexibility index (Phi) is 4.36. The van der Waals surface area contributed by atoms with Crippen LogP contribution in [-0.4, -0.2) is 23.1 Å². The van der Waals surface area contributed by atoms with Gasteiger partial charge in [-0.25, -0.2) is 9.97 Å². The van der Waals surface area contributed by atoms with Crippen LogP contribution in [0.25, 0.3) is 11.4 Å². The summed E-state index contributed by atoms with van der Waals surface area (Å²) in [4.78, 5) is 9.65. The van der Waals surface area contributed by atoms with Gasteiger partial charge in [-0.1, -0.05) is 6.92 Å². The number of hydrogen-bond acceptors (Lipinski definition) is 4. The lowest BCUT2D eigenvalue weighted by Crippen LogP contribution is -2.28. The van der Waals surface area contributed by atoms with Crippen molar-refractivity contribution in [2.24, 2.45) is 5.92 Å². The Bertz CT molecular complexity index is 633. The lowest BCUT2D eigenvalue weighted by atomic mass is 9.85. The fourth-order valence-electron chi connectivity index (χ4n) is 3.09. The van der Waals surface area contributed by atoms with Crippen LogP contribution in [0.2, 0.25) is 0 Å². The number of aromatic nitrogens is 2. The van der Waals surface area contributed by atoms with E-state index in [4.69, 9.17) is 9.97 Å². The van der Waals surface area contributed by atoms with Gasteiger partial charge in [-0.15, -0.1) is 0 Å². The van der Waals surface area contributed by atoms with Crippen LogP contribution in [0.1, 0.15) is 35.9 Å². The van der Waals surface area contributed by atoms with Gasteiger partial charge in [0.2, 0.25) is 0 Å². The average Bonchev–Trinajstić information content (AvgIpc) is 2.91. The standard InChI is InChI=1S/C17H23N3S/c1-4-18-8-13-5-6-16-14(7-13)12(3)19-17(20-16)15-10-21-9-11(15)2/h9-10,13,18H,4-8H2,1-3H3. The zero-order chi connectivity index (χ0) is 14.8. The number of nitrogens with one attached hydrogen (secondary N) is 1. The first kappa shape index (κ1) is 14.7. The average molecular weight is 301 g/mol. The second-order valence-electron chi connectivity index (χ2n) is 5.94. The second kappa shape index (κ2) is 6.24. The monoisotopic (exact) mass is 301 g/mol. The van der Waals surface area contributed by atoms with E-state index in [9.17, 15) is 0 Å². The van der Waals surface area contributed by atoms with Gasteiger partial charge in [0.25, 0.3) is 0 Å². The fraction of sp³-hybridized carbons (Fsp3) is 0.529. The molecule has 0 radical (unpaired) electrons. The maximum absolute atomic E-state index is 4.87. The molecule has 3 nitrogen and oxygen atoms in total. The molecule has 2 aromatic heterocycles. The van der Waals surface area contributed by atoms with Gasteiger partial charge in [0.1, 0.15) is 0 Å². The van der Waals surface area contributed by atoms with Crippen molar-refractivity contribution in [3.63, 3.8) is 0 Å². The number of nitrogens with zero attached hydrogens (tertiary/aromatic N) is 2. The molecule has 1 unspecified atom stereocenters. The van der Waals surface area contributed by atoms with Gasteiger partial charge in [-0.2, -0.15) is 11.3 Å². The summed E-state index contributed by atoms with van der Waals surface area (Å²) in [6, 6.07) is 0. The highest BCUT2D eigenvalue weighted by Crippen LogP contribution is 2.30. The van der Waals surface area contributed by atoms with E-state index in [1.807, 2.05) is 0 Å². The number of aryl methyl sites for hydroxylation is 3. The van der Waals surface area contributed by atoms with Gasteiger partial charge in [-0.3, -0.25) is 0 Å². The summed E-state index contributed by atoms with van der Waals surface area (Å²) in [6.45, 7) is 8.61. The SMILES string of the molecule is CCNCC1CCc2nc(-c3cscc3C)nc(C)c2C1. The van der Waals surface area contributed by atoms with Crippen LogP contribution in [0, 0.1) is 19.8 Å². The predicted molar refractivity (Wildman–Crippen MR) is 88.9 cm³/mol. The van der Waals surface area contributed by atoms with Gasteiger partial charge in [0, 0.05) is 22.3 Å². The van der Waals surface area contributed by atoms with Crippen LogP contribution < -0.4 is 5.32 Å².